The van der Waals surface area contributed by atoms with E-state index in [-0.39, 0.29) is 17.4 Å². The largest absolute Gasteiger partial charge is 0.373 e. The van der Waals surface area contributed by atoms with Gasteiger partial charge >= 0.3 is 0 Å². The van der Waals surface area contributed by atoms with Crippen molar-refractivity contribution in [3.63, 3.8) is 0 Å². The van der Waals surface area contributed by atoms with Crippen molar-refractivity contribution in [3.8, 4) is 0 Å². The number of aliphatic imine (C=N–C) groups is 1. The summed E-state index contributed by atoms with van der Waals surface area (Å²) in [5, 5.41) is 6.94. The Morgan fingerprint density at radius 1 is 1.19 bits per heavy atom. The highest BCUT2D eigenvalue weighted by Gasteiger charge is 2.33. The van der Waals surface area contributed by atoms with Crippen molar-refractivity contribution < 1.29 is 13.2 Å². The number of nitrogens with one attached hydrogen (secondary N) is 2. The molecule has 0 spiro atoms. The van der Waals surface area contributed by atoms with E-state index < -0.39 is 10.0 Å². The minimum absolute atomic E-state index is 0.0789. The van der Waals surface area contributed by atoms with Gasteiger partial charge in [0.1, 0.15) is 0 Å². The van der Waals surface area contributed by atoms with Gasteiger partial charge in [0, 0.05) is 39.3 Å². The lowest BCUT2D eigenvalue weighted by atomic mass is 9.84. The average molecular weight is 403 g/mol. The molecule has 2 rings (SSSR count). The molecule has 1 aliphatic carbocycles. The standard InChI is InChI=1S/C19H38N4O3S/c1-4-15-26-19(11-7-6-8-12-19)16-21-18(20-3)22-17-9-13-23(14-10-17)27(24,25)5-2/h17H,4-16H2,1-3H3,(H2,20,21,22). The Balaban J connectivity index is 1.83. The third kappa shape index (κ3) is 6.61. The van der Waals surface area contributed by atoms with Crippen LogP contribution in [-0.2, 0) is 14.8 Å². The second-order valence-electron chi connectivity index (χ2n) is 7.74. The summed E-state index contributed by atoms with van der Waals surface area (Å²) in [4.78, 5) is 4.37. The van der Waals surface area contributed by atoms with Gasteiger partial charge in [-0.3, -0.25) is 4.99 Å². The first-order valence-electron chi connectivity index (χ1n) is 10.5. The van der Waals surface area contributed by atoms with Crippen LogP contribution in [-0.4, -0.2) is 69.4 Å². The molecule has 2 fully saturated rings. The van der Waals surface area contributed by atoms with E-state index in [2.05, 4.69) is 22.5 Å². The summed E-state index contributed by atoms with van der Waals surface area (Å²) in [6.07, 6.45) is 8.59. The second kappa shape index (κ2) is 10.6. The SMILES string of the molecule is CCCOC1(CNC(=NC)NC2CCN(S(=O)(=O)CC)CC2)CCCCC1. The molecule has 0 atom stereocenters. The Hall–Kier alpha value is -0.860. The molecular formula is C19H38N4O3S. The summed E-state index contributed by atoms with van der Waals surface area (Å²) in [6.45, 7) is 6.58. The lowest BCUT2D eigenvalue weighted by molar-refractivity contribution is -0.0657. The average Bonchev–Trinajstić information content (AvgIpc) is 2.70. The number of ether oxygens (including phenoxy) is 1. The predicted molar refractivity (Wildman–Crippen MR) is 111 cm³/mol. The molecule has 0 aromatic rings. The van der Waals surface area contributed by atoms with Gasteiger partial charge in [-0.2, -0.15) is 0 Å². The molecule has 1 saturated heterocycles. The third-order valence-corrected chi connectivity index (χ3v) is 7.61. The van der Waals surface area contributed by atoms with Crippen molar-refractivity contribution >= 4 is 16.0 Å². The van der Waals surface area contributed by atoms with Crippen LogP contribution in [0.1, 0.15) is 65.2 Å². The zero-order valence-corrected chi connectivity index (χ0v) is 18.1. The van der Waals surface area contributed by atoms with Gasteiger partial charge in [0.15, 0.2) is 5.96 Å². The van der Waals surface area contributed by atoms with E-state index in [0.717, 1.165) is 51.2 Å². The number of hydrogen-bond donors (Lipinski definition) is 2. The Morgan fingerprint density at radius 2 is 1.85 bits per heavy atom. The van der Waals surface area contributed by atoms with Crippen LogP contribution in [0.25, 0.3) is 0 Å². The van der Waals surface area contributed by atoms with Crippen LogP contribution in [0.15, 0.2) is 4.99 Å². The molecule has 0 radical (unpaired) electrons. The molecule has 0 amide bonds. The van der Waals surface area contributed by atoms with Crippen molar-refractivity contribution in [1.82, 2.24) is 14.9 Å². The summed E-state index contributed by atoms with van der Waals surface area (Å²) in [5.41, 5.74) is -0.0789. The highest BCUT2D eigenvalue weighted by Crippen LogP contribution is 2.31. The number of nitrogens with zero attached hydrogens (tertiary/aromatic N) is 2. The van der Waals surface area contributed by atoms with E-state index in [4.69, 9.17) is 4.74 Å². The Kier molecular flexibility index (Phi) is 8.82. The van der Waals surface area contributed by atoms with Gasteiger partial charge in [0.2, 0.25) is 10.0 Å². The van der Waals surface area contributed by atoms with Gasteiger partial charge in [-0.25, -0.2) is 12.7 Å². The second-order valence-corrected chi connectivity index (χ2v) is 9.99. The molecule has 1 saturated carbocycles. The molecule has 0 bridgehead atoms. The van der Waals surface area contributed by atoms with Crippen molar-refractivity contribution in [3.05, 3.63) is 0 Å². The fourth-order valence-corrected chi connectivity index (χ4v) is 5.11. The van der Waals surface area contributed by atoms with Crippen molar-refractivity contribution in [2.45, 2.75) is 76.9 Å². The Labute approximate surface area is 165 Å². The predicted octanol–water partition coefficient (Wildman–Crippen LogP) is 2.10. The van der Waals surface area contributed by atoms with Crippen molar-refractivity contribution in [1.29, 1.82) is 0 Å². The van der Waals surface area contributed by atoms with Crippen molar-refractivity contribution in [2.24, 2.45) is 4.99 Å². The summed E-state index contributed by atoms with van der Waals surface area (Å²) in [5.74, 6) is 0.964. The minimum atomic E-state index is -3.08. The maximum atomic E-state index is 12.0. The molecule has 0 unspecified atom stereocenters. The van der Waals surface area contributed by atoms with Crippen LogP contribution in [0.4, 0.5) is 0 Å². The van der Waals surface area contributed by atoms with E-state index in [0.29, 0.717) is 13.1 Å². The van der Waals surface area contributed by atoms with Gasteiger partial charge < -0.3 is 15.4 Å². The summed E-state index contributed by atoms with van der Waals surface area (Å²) < 4.78 is 31.8. The lowest BCUT2D eigenvalue weighted by Crippen LogP contribution is -2.53. The van der Waals surface area contributed by atoms with Gasteiger partial charge in [-0.15, -0.1) is 0 Å². The number of piperidine rings is 1. The maximum absolute atomic E-state index is 12.0. The molecule has 0 aromatic heterocycles. The van der Waals surface area contributed by atoms with E-state index in [1.54, 1.807) is 18.3 Å². The summed E-state index contributed by atoms with van der Waals surface area (Å²) in [7, 11) is -1.29. The zero-order chi connectivity index (χ0) is 19.8. The van der Waals surface area contributed by atoms with Crippen LogP contribution in [0, 0.1) is 0 Å². The highest BCUT2D eigenvalue weighted by molar-refractivity contribution is 7.89. The molecule has 2 aliphatic rings. The van der Waals surface area contributed by atoms with Crippen LogP contribution >= 0.6 is 0 Å². The van der Waals surface area contributed by atoms with Gasteiger partial charge in [-0.1, -0.05) is 26.2 Å². The van der Waals surface area contributed by atoms with Crippen LogP contribution in [0.2, 0.25) is 0 Å². The molecule has 158 valence electrons. The first-order chi connectivity index (χ1) is 12.9. The molecule has 0 aromatic carbocycles. The topological polar surface area (TPSA) is 83.0 Å². The third-order valence-electron chi connectivity index (χ3n) is 5.73. The minimum Gasteiger partial charge on any atom is -0.373 e. The molecule has 2 N–H and O–H groups in total. The molecule has 27 heavy (non-hydrogen) atoms. The van der Waals surface area contributed by atoms with E-state index in [9.17, 15) is 8.42 Å². The molecule has 7 nitrogen and oxygen atoms in total. The molecule has 8 heteroatoms. The highest BCUT2D eigenvalue weighted by atomic mass is 32.2. The fourth-order valence-electron chi connectivity index (χ4n) is 3.98. The maximum Gasteiger partial charge on any atom is 0.213 e. The number of sulfonamides is 1. The van der Waals surface area contributed by atoms with Crippen LogP contribution in [0.5, 0.6) is 0 Å². The number of guanidine groups is 1. The number of rotatable bonds is 8. The van der Waals surface area contributed by atoms with Crippen LogP contribution in [0.3, 0.4) is 0 Å². The smallest absolute Gasteiger partial charge is 0.213 e. The van der Waals surface area contributed by atoms with E-state index in [1.807, 2.05) is 0 Å². The molecular weight excluding hydrogens is 364 g/mol. The monoisotopic (exact) mass is 402 g/mol. The Bertz CT molecular complexity index is 566. The first kappa shape index (κ1) is 22.4. The van der Waals surface area contributed by atoms with E-state index >= 15 is 0 Å². The number of hydrogen-bond acceptors (Lipinski definition) is 4. The first-order valence-corrected chi connectivity index (χ1v) is 12.1. The van der Waals surface area contributed by atoms with E-state index in [1.165, 1.54) is 19.3 Å². The Morgan fingerprint density at radius 3 is 2.41 bits per heavy atom. The molecule has 1 aliphatic heterocycles. The normalized spacial score (nSPS) is 22.6. The lowest BCUT2D eigenvalue weighted by Gasteiger charge is -2.38. The quantitative estimate of drug-likeness (QED) is 0.480. The molecule has 1 heterocycles. The van der Waals surface area contributed by atoms with Crippen molar-refractivity contribution in [2.75, 3.05) is 39.0 Å². The zero-order valence-electron chi connectivity index (χ0n) is 17.3. The summed E-state index contributed by atoms with van der Waals surface area (Å²) >= 11 is 0. The fraction of sp³-hybridized carbons (Fsp3) is 0.947. The van der Waals surface area contributed by atoms with Crippen LogP contribution < -0.4 is 10.6 Å². The van der Waals surface area contributed by atoms with Gasteiger partial charge in [0.25, 0.3) is 0 Å². The van der Waals surface area contributed by atoms with Gasteiger partial charge in [0.05, 0.1) is 11.4 Å². The summed E-state index contributed by atoms with van der Waals surface area (Å²) in [6, 6.07) is 0.248. The van der Waals surface area contributed by atoms with Gasteiger partial charge in [-0.05, 0) is 39.0 Å².